The highest BCUT2D eigenvalue weighted by Crippen LogP contribution is 2.07. The number of unbranched alkanes of at least 4 members (excludes halogenated alkanes) is 7. The molecule has 1 atom stereocenters. The van der Waals surface area contributed by atoms with Gasteiger partial charge in [-0.05, 0) is 19.9 Å². The summed E-state index contributed by atoms with van der Waals surface area (Å²) in [6.07, 6.45) is 11.1. The van der Waals surface area contributed by atoms with E-state index in [1.807, 2.05) is 0 Å². The van der Waals surface area contributed by atoms with E-state index < -0.39 is 0 Å². The van der Waals surface area contributed by atoms with E-state index in [4.69, 9.17) is 11.6 Å². The molecule has 15 heavy (non-hydrogen) atoms. The van der Waals surface area contributed by atoms with Crippen LogP contribution in [0, 0.1) is 0 Å². The predicted octanol–water partition coefficient (Wildman–Crippen LogP) is 4.34. The van der Waals surface area contributed by atoms with E-state index >= 15 is 0 Å². The van der Waals surface area contributed by atoms with Gasteiger partial charge in [0.15, 0.2) is 0 Å². The molecule has 0 heterocycles. The fourth-order valence-electron chi connectivity index (χ4n) is 1.66. The zero-order valence-corrected chi connectivity index (χ0v) is 11.3. The largest absolute Gasteiger partial charge is 0.313 e. The smallest absolute Gasteiger partial charge is 0.0374 e. The zero-order chi connectivity index (χ0) is 11.4. The lowest BCUT2D eigenvalue weighted by Crippen LogP contribution is -2.28. The third-order valence-electron chi connectivity index (χ3n) is 2.75. The van der Waals surface area contributed by atoms with Gasteiger partial charge in [-0.15, -0.1) is 11.6 Å². The molecule has 0 aliphatic carbocycles. The standard InChI is InChI=1S/C13H28ClN/c1-3-4-5-6-7-8-9-10-11-15-13(2)12-14/h13,15H,3-12H2,1-2H3. The van der Waals surface area contributed by atoms with Gasteiger partial charge in [-0.1, -0.05) is 51.9 Å². The molecule has 92 valence electrons. The van der Waals surface area contributed by atoms with Crippen LogP contribution >= 0.6 is 11.6 Å². The quantitative estimate of drug-likeness (QED) is 0.414. The highest BCUT2D eigenvalue weighted by atomic mass is 35.5. The summed E-state index contributed by atoms with van der Waals surface area (Å²) in [5, 5.41) is 3.41. The SMILES string of the molecule is CCCCCCCCCCNC(C)CCl. The highest BCUT2D eigenvalue weighted by Gasteiger charge is 1.97. The molecule has 0 aromatic heterocycles. The van der Waals surface area contributed by atoms with Crippen LogP contribution in [-0.4, -0.2) is 18.5 Å². The second kappa shape index (κ2) is 12.3. The van der Waals surface area contributed by atoms with Crippen LogP contribution in [0.5, 0.6) is 0 Å². The van der Waals surface area contributed by atoms with E-state index in [0.717, 1.165) is 12.4 Å². The summed E-state index contributed by atoms with van der Waals surface area (Å²) >= 11 is 5.70. The lowest BCUT2D eigenvalue weighted by molar-refractivity contribution is 0.530. The van der Waals surface area contributed by atoms with Crippen LogP contribution in [0.3, 0.4) is 0 Å². The number of hydrogen-bond acceptors (Lipinski definition) is 1. The molecule has 0 aliphatic rings. The molecule has 0 saturated heterocycles. The predicted molar refractivity (Wildman–Crippen MR) is 70.8 cm³/mol. The van der Waals surface area contributed by atoms with Crippen molar-refractivity contribution < 1.29 is 0 Å². The molecule has 0 aliphatic heterocycles. The Morgan fingerprint density at radius 2 is 1.47 bits per heavy atom. The van der Waals surface area contributed by atoms with E-state index in [1.165, 1.54) is 51.4 Å². The van der Waals surface area contributed by atoms with Crippen molar-refractivity contribution in [2.45, 2.75) is 71.3 Å². The Morgan fingerprint density at radius 3 is 2.00 bits per heavy atom. The van der Waals surface area contributed by atoms with E-state index in [0.29, 0.717) is 6.04 Å². The minimum Gasteiger partial charge on any atom is -0.313 e. The van der Waals surface area contributed by atoms with E-state index in [2.05, 4.69) is 19.2 Å². The molecule has 2 heteroatoms. The van der Waals surface area contributed by atoms with Crippen LogP contribution < -0.4 is 5.32 Å². The fraction of sp³-hybridized carbons (Fsp3) is 1.00. The van der Waals surface area contributed by atoms with Gasteiger partial charge in [0.25, 0.3) is 0 Å². The highest BCUT2D eigenvalue weighted by molar-refractivity contribution is 6.18. The Hall–Kier alpha value is 0.250. The minimum absolute atomic E-state index is 0.469. The first-order valence-electron chi connectivity index (χ1n) is 6.60. The van der Waals surface area contributed by atoms with E-state index in [1.54, 1.807) is 0 Å². The van der Waals surface area contributed by atoms with E-state index in [-0.39, 0.29) is 0 Å². The summed E-state index contributed by atoms with van der Waals surface area (Å²) in [7, 11) is 0. The first-order valence-corrected chi connectivity index (χ1v) is 7.14. The molecular weight excluding hydrogens is 206 g/mol. The first kappa shape index (κ1) is 15.2. The number of halogens is 1. The van der Waals surface area contributed by atoms with Gasteiger partial charge in [0.05, 0.1) is 0 Å². The lowest BCUT2D eigenvalue weighted by Gasteiger charge is -2.09. The molecule has 1 N–H and O–H groups in total. The molecule has 1 unspecified atom stereocenters. The van der Waals surface area contributed by atoms with Crippen LogP contribution in [0.15, 0.2) is 0 Å². The van der Waals surface area contributed by atoms with Crippen LogP contribution in [0.25, 0.3) is 0 Å². The van der Waals surface area contributed by atoms with Crippen molar-refractivity contribution in [3.8, 4) is 0 Å². The Labute approximate surface area is 101 Å². The van der Waals surface area contributed by atoms with Crippen molar-refractivity contribution in [1.29, 1.82) is 0 Å². The first-order chi connectivity index (χ1) is 7.31. The summed E-state index contributed by atoms with van der Waals surface area (Å²) in [6.45, 7) is 5.53. The molecule has 0 rings (SSSR count). The molecular formula is C13H28ClN. The lowest BCUT2D eigenvalue weighted by atomic mass is 10.1. The van der Waals surface area contributed by atoms with Gasteiger partial charge in [-0.3, -0.25) is 0 Å². The van der Waals surface area contributed by atoms with Crippen LogP contribution in [0.1, 0.15) is 65.2 Å². The Morgan fingerprint density at radius 1 is 0.933 bits per heavy atom. The maximum Gasteiger partial charge on any atom is 0.0374 e. The molecule has 0 aromatic rings. The minimum atomic E-state index is 0.469. The second-order valence-corrected chi connectivity index (χ2v) is 4.79. The van der Waals surface area contributed by atoms with Gasteiger partial charge in [0, 0.05) is 11.9 Å². The maximum absolute atomic E-state index is 5.70. The third kappa shape index (κ3) is 12.2. The molecule has 0 radical (unpaired) electrons. The Bertz CT molecular complexity index is 117. The molecule has 0 aromatic carbocycles. The monoisotopic (exact) mass is 233 g/mol. The van der Waals surface area contributed by atoms with Crippen molar-refractivity contribution in [2.75, 3.05) is 12.4 Å². The zero-order valence-electron chi connectivity index (χ0n) is 10.5. The Balaban J connectivity index is 2.92. The number of rotatable bonds is 11. The molecule has 0 saturated carbocycles. The summed E-state index contributed by atoms with van der Waals surface area (Å²) in [6, 6.07) is 0.469. The molecule has 0 amide bonds. The Kier molecular flexibility index (Phi) is 12.5. The summed E-state index contributed by atoms with van der Waals surface area (Å²) in [5.41, 5.74) is 0. The van der Waals surface area contributed by atoms with Crippen LogP contribution in [0.2, 0.25) is 0 Å². The summed E-state index contributed by atoms with van der Waals surface area (Å²) in [5.74, 6) is 0.719. The van der Waals surface area contributed by atoms with Crippen molar-refractivity contribution in [3.63, 3.8) is 0 Å². The molecule has 1 nitrogen and oxygen atoms in total. The summed E-state index contributed by atoms with van der Waals surface area (Å²) in [4.78, 5) is 0. The van der Waals surface area contributed by atoms with Crippen molar-refractivity contribution in [2.24, 2.45) is 0 Å². The number of alkyl halides is 1. The van der Waals surface area contributed by atoms with Gasteiger partial charge in [0.1, 0.15) is 0 Å². The molecule has 0 fully saturated rings. The van der Waals surface area contributed by atoms with Crippen molar-refractivity contribution >= 4 is 11.6 Å². The summed E-state index contributed by atoms with van der Waals surface area (Å²) < 4.78 is 0. The maximum atomic E-state index is 5.70. The molecule has 0 spiro atoms. The molecule has 0 bridgehead atoms. The topological polar surface area (TPSA) is 12.0 Å². The van der Waals surface area contributed by atoms with Gasteiger partial charge >= 0.3 is 0 Å². The fourth-order valence-corrected chi connectivity index (χ4v) is 1.77. The third-order valence-corrected chi connectivity index (χ3v) is 3.22. The van der Waals surface area contributed by atoms with Gasteiger partial charge in [-0.2, -0.15) is 0 Å². The number of nitrogens with one attached hydrogen (secondary N) is 1. The van der Waals surface area contributed by atoms with Crippen molar-refractivity contribution in [1.82, 2.24) is 5.32 Å². The van der Waals surface area contributed by atoms with Crippen LogP contribution in [-0.2, 0) is 0 Å². The second-order valence-electron chi connectivity index (χ2n) is 4.48. The average Bonchev–Trinajstić information content (AvgIpc) is 2.26. The normalized spacial score (nSPS) is 13.0. The number of hydrogen-bond donors (Lipinski definition) is 1. The van der Waals surface area contributed by atoms with Gasteiger partial charge in [0.2, 0.25) is 0 Å². The van der Waals surface area contributed by atoms with Gasteiger partial charge in [-0.25, -0.2) is 0 Å². The van der Waals surface area contributed by atoms with E-state index in [9.17, 15) is 0 Å². The van der Waals surface area contributed by atoms with Crippen molar-refractivity contribution in [3.05, 3.63) is 0 Å². The average molecular weight is 234 g/mol. The van der Waals surface area contributed by atoms with Gasteiger partial charge < -0.3 is 5.32 Å². The van der Waals surface area contributed by atoms with Crippen LogP contribution in [0.4, 0.5) is 0 Å².